The summed E-state index contributed by atoms with van der Waals surface area (Å²) in [5.41, 5.74) is 20.2. The zero-order valence-corrected chi connectivity index (χ0v) is 26.7. The lowest BCUT2D eigenvalue weighted by atomic mass is 9.95. The first-order valence-electron chi connectivity index (χ1n) is 15.7. The van der Waals surface area contributed by atoms with E-state index in [-0.39, 0.29) is 5.75 Å². The van der Waals surface area contributed by atoms with Crippen molar-refractivity contribution in [2.24, 2.45) is 0 Å². The number of aromatic nitrogens is 4. The van der Waals surface area contributed by atoms with E-state index in [9.17, 15) is 5.11 Å². The number of benzene rings is 1. The molecule has 5 nitrogen and oxygen atoms in total. The number of hydrogen-bond acceptors (Lipinski definition) is 3. The van der Waals surface area contributed by atoms with Crippen LogP contribution < -0.4 is 0 Å². The van der Waals surface area contributed by atoms with Crippen molar-refractivity contribution in [3.05, 3.63) is 87.5 Å². The first kappa shape index (κ1) is 28.7. The van der Waals surface area contributed by atoms with Gasteiger partial charge in [0, 0.05) is 22.1 Å². The van der Waals surface area contributed by atoms with Gasteiger partial charge in [-0.15, -0.1) is 0 Å². The number of nitrogens with zero attached hydrogens (tertiary/aromatic N) is 2. The van der Waals surface area contributed by atoms with Crippen LogP contribution in [0.25, 0.3) is 55.5 Å². The Morgan fingerprint density at radius 1 is 0.628 bits per heavy atom. The number of fused-ring (bicyclic) bond motifs is 8. The fourth-order valence-electron chi connectivity index (χ4n) is 7.11. The molecule has 8 bridgehead atoms. The minimum atomic E-state index is 0.240. The molecule has 5 heterocycles. The molecule has 4 aromatic rings. The van der Waals surface area contributed by atoms with Gasteiger partial charge in [-0.1, -0.05) is 39.8 Å². The highest BCUT2D eigenvalue weighted by atomic mass is 16.3. The molecular formula is C38H42N4O. The quantitative estimate of drug-likeness (QED) is 0.223. The molecule has 0 radical (unpaired) electrons. The molecule has 0 unspecified atom stereocenters. The Hall–Kier alpha value is -4.38. The van der Waals surface area contributed by atoms with E-state index in [2.05, 4.69) is 89.6 Å². The van der Waals surface area contributed by atoms with Gasteiger partial charge in [0.25, 0.3) is 0 Å². The average Bonchev–Trinajstić information content (AvgIpc) is 3.66. The molecule has 6 rings (SSSR count). The van der Waals surface area contributed by atoms with Crippen molar-refractivity contribution >= 4 is 44.4 Å². The molecule has 0 spiro atoms. The SMILES string of the molecule is CCC1=C(C)c2cc3nc(c(-c4cccc(O)c4)c4[nH]c(cc5[nH]c(cc1n2)c(CC)c5C)c(CC)c4C)C(C)=C3CC. The molecule has 3 N–H and O–H groups in total. The summed E-state index contributed by atoms with van der Waals surface area (Å²) >= 11 is 0. The summed E-state index contributed by atoms with van der Waals surface area (Å²) in [5.74, 6) is 0.240. The summed E-state index contributed by atoms with van der Waals surface area (Å²) in [6.45, 7) is 17.6. The largest absolute Gasteiger partial charge is 0.508 e. The van der Waals surface area contributed by atoms with Gasteiger partial charge in [-0.25, -0.2) is 9.97 Å². The molecule has 43 heavy (non-hydrogen) atoms. The van der Waals surface area contributed by atoms with E-state index < -0.39 is 0 Å². The summed E-state index contributed by atoms with van der Waals surface area (Å²) in [6.07, 6.45) is 3.61. The molecule has 3 aromatic heterocycles. The maximum absolute atomic E-state index is 10.6. The van der Waals surface area contributed by atoms with Gasteiger partial charge >= 0.3 is 0 Å². The van der Waals surface area contributed by atoms with Crippen molar-refractivity contribution in [2.45, 2.75) is 81.1 Å². The maximum atomic E-state index is 10.6. The molecular weight excluding hydrogens is 528 g/mol. The molecule has 0 saturated carbocycles. The van der Waals surface area contributed by atoms with Crippen molar-refractivity contribution < 1.29 is 5.11 Å². The Labute approximate surface area is 254 Å². The van der Waals surface area contributed by atoms with E-state index in [0.717, 1.165) is 87.2 Å². The summed E-state index contributed by atoms with van der Waals surface area (Å²) in [4.78, 5) is 18.2. The van der Waals surface area contributed by atoms with E-state index in [1.165, 1.54) is 39.0 Å². The lowest BCUT2D eigenvalue weighted by molar-refractivity contribution is 0.475. The molecule has 0 atom stereocenters. The number of phenols is 1. The van der Waals surface area contributed by atoms with Crippen molar-refractivity contribution in [1.82, 2.24) is 19.9 Å². The third kappa shape index (κ3) is 4.62. The molecule has 220 valence electrons. The maximum Gasteiger partial charge on any atom is 0.116 e. The van der Waals surface area contributed by atoms with Crippen LogP contribution >= 0.6 is 0 Å². The van der Waals surface area contributed by atoms with E-state index in [0.29, 0.717) is 0 Å². The number of rotatable bonds is 5. The van der Waals surface area contributed by atoms with E-state index in [4.69, 9.17) is 9.97 Å². The predicted octanol–water partition coefficient (Wildman–Crippen LogP) is 10.1. The smallest absolute Gasteiger partial charge is 0.116 e. The van der Waals surface area contributed by atoms with Crippen molar-refractivity contribution in [3.8, 4) is 16.9 Å². The predicted molar refractivity (Wildman–Crippen MR) is 182 cm³/mol. The first-order chi connectivity index (χ1) is 20.7. The third-order valence-electron chi connectivity index (χ3n) is 9.48. The number of phenolic OH excluding ortho intramolecular Hbond substituents is 1. The molecule has 0 amide bonds. The number of H-pyrrole nitrogens is 2. The van der Waals surface area contributed by atoms with Crippen molar-refractivity contribution in [1.29, 1.82) is 0 Å². The van der Waals surface area contributed by atoms with Crippen LogP contribution in [0.3, 0.4) is 0 Å². The van der Waals surface area contributed by atoms with Crippen LogP contribution in [0.4, 0.5) is 0 Å². The number of aromatic amines is 2. The van der Waals surface area contributed by atoms with Gasteiger partial charge in [0.05, 0.1) is 28.3 Å². The molecule has 1 aromatic carbocycles. The monoisotopic (exact) mass is 570 g/mol. The first-order valence-corrected chi connectivity index (χ1v) is 15.7. The summed E-state index contributed by atoms with van der Waals surface area (Å²) in [7, 11) is 0. The minimum absolute atomic E-state index is 0.240. The van der Waals surface area contributed by atoms with Crippen LogP contribution in [0.5, 0.6) is 5.75 Å². The lowest BCUT2D eigenvalue weighted by Gasteiger charge is -2.09. The standard InChI is InChI=1S/C38H42N4O/c1-9-26-20(5)30-17-34-28(11-3)22(7)37(41-34)36(24-14-13-15-25(43)16-24)38-23(8)29(12-4)35(42-38)18-31-21(6)27(10-2)33(40-31)19-32(26)39-30/h13-19,39,41,43H,9-12H2,1-8H3. The Bertz CT molecular complexity index is 2020. The molecule has 2 aliphatic heterocycles. The van der Waals surface area contributed by atoms with Crippen LogP contribution in [0.2, 0.25) is 0 Å². The second kappa shape index (κ2) is 11.0. The van der Waals surface area contributed by atoms with Crippen LogP contribution in [0.1, 0.15) is 99.4 Å². The topological polar surface area (TPSA) is 77.6 Å². The van der Waals surface area contributed by atoms with Gasteiger partial charge in [-0.3, -0.25) is 0 Å². The fourth-order valence-corrected chi connectivity index (χ4v) is 7.11. The van der Waals surface area contributed by atoms with Crippen LogP contribution in [0, 0.1) is 13.8 Å². The summed E-state index contributed by atoms with van der Waals surface area (Å²) < 4.78 is 0. The van der Waals surface area contributed by atoms with Crippen LogP contribution in [0.15, 0.2) is 42.5 Å². The highest BCUT2D eigenvalue weighted by molar-refractivity contribution is 6.01. The molecule has 0 saturated heterocycles. The van der Waals surface area contributed by atoms with Gasteiger partial charge in [0.1, 0.15) is 5.75 Å². The molecule has 0 fully saturated rings. The summed E-state index contributed by atoms with van der Waals surface area (Å²) in [5, 5.41) is 10.6. The Balaban J connectivity index is 1.89. The number of allylic oxidation sites excluding steroid dienone is 4. The number of nitrogens with one attached hydrogen (secondary N) is 2. The van der Waals surface area contributed by atoms with Gasteiger partial charge < -0.3 is 15.1 Å². The average molecular weight is 571 g/mol. The van der Waals surface area contributed by atoms with E-state index in [1.54, 1.807) is 6.07 Å². The van der Waals surface area contributed by atoms with Crippen LogP contribution in [-0.4, -0.2) is 25.0 Å². The van der Waals surface area contributed by atoms with Gasteiger partial charge in [0.2, 0.25) is 0 Å². The Morgan fingerprint density at radius 3 is 1.95 bits per heavy atom. The van der Waals surface area contributed by atoms with E-state index in [1.807, 2.05) is 12.1 Å². The van der Waals surface area contributed by atoms with Gasteiger partial charge in [-0.05, 0) is 134 Å². The number of aromatic hydroxyl groups is 1. The Kier molecular flexibility index (Phi) is 7.37. The number of hydrogen-bond donors (Lipinski definition) is 3. The normalized spacial score (nSPS) is 13.4. The zero-order valence-electron chi connectivity index (χ0n) is 26.7. The third-order valence-corrected chi connectivity index (χ3v) is 9.48. The second-order valence-electron chi connectivity index (χ2n) is 11.8. The zero-order chi connectivity index (χ0) is 30.6. The highest BCUT2D eigenvalue weighted by Crippen LogP contribution is 2.42. The number of aryl methyl sites for hydroxylation is 4. The van der Waals surface area contributed by atoms with Gasteiger partial charge in [0.15, 0.2) is 0 Å². The fraction of sp³-hybridized carbons (Fsp3) is 0.316. The van der Waals surface area contributed by atoms with Crippen molar-refractivity contribution in [3.63, 3.8) is 0 Å². The minimum Gasteiger partial charge on any atom is -0.508 e. The highest BCUT2D eigenvalue weighted by Gasteiger charge is 2.24. The lowest BCUT2D eigenvalue weighted by Crippen LogP contribution is -1.89. The molecule has 0 aliphatic carbocycles. The molecule has 2 aliphatic rings. The molecule has 5 heteroatoms. The Morgan fingerprint density at radius 2 is 1.28 bits per heavy atom. The second-order valence-corrected chi connectivity index (χ2v) is 11.8. The summed E-state index contributed by atoms with van der Waals surface area (Å²) in [6, 6.07) is 14.2. The van der Waals surface area contributed by atoms with Crippen molar-refractivity contribution in [2.75, 3.05) is 0 Å². The van der Waals surface area contributed by atoms with Crippen LogP contribution in [-0.2, 0) is 12.8 Å². The van der Waals surface area contributed by atoms with E-state index >= 15 is 0 Å². The van der Waals surface area contributed by atoms with Gasteiger partial charge in [-0.2, -0.15) is 0 Å².